The molecule has 0 unspecified atom stereocenters. The third kappa shape index (κ3) is 2.92. The van der Waals surface area contributed by atoms with Crippen molar-refractivity contribution in [2.24, 2.45) is 0 Å². The lowest BCUT2D eigenvalue weighted by molar-refractivity contribution is -0.144. The Kier molecular flexibility index (Phi) is 3.56. The first kappa shape index (κ1) is 17.1. The van der Waals surface area contributed by atoms with E-state index in [4.69, 9.17) is 0 Å². The van der Waals surface area contributed by atoms with Crippen molar-refractivity contribution < 1.29 is 21.6 Å². The number of alkyl halides is 3. The van der Waals surface area contributed by atoms with Crippen LogP contribution in [0.2, 0.25) is 0 Å². The summed E-state index contributed by atoms with van der Waals surface area (Å²) in [6, 6.07) is 0. The lowest BCUT2D eigenvalue weighted by Crippen LogP contribution is -2.07. The predicted molar refractivity (Wildman–Crippen MR) is 84.1 cm³/mol. The predicted octanol–water partition coefficient (Wildman–Crippen LogP) is 1.33. The maximum Gasteiger partial charge on any atom is 0.451 e. The van der Waals surface area contributed by atoms with Crippen LogP contribution in [0.1, 0.15) is 5.82 Å². The fourth-order valence-corrected chi connectivity index (χ4v) is 2.94. The molecule has 2 N–H and O–H groups in total. The van der Waals surface area contributed by atoms with Gasteiger partial charge in [-0.05, 0) is 0 Å². The summed E-state index contributed by atoms with van der Waals surface area (Å²) < 4.78 is 63.4. The Morgan fingerprint density at radius 1 is 1.19 bits per heavy atom. The Labute approximate surface area is 148 Å². The summed E-state index contributed by atoms with van der Waals surface area (Å²) in [5.41, 5.74) is 0.556. The molecule has 14 heteroatoms. The normalized spacial score (nSPS) is 12.7. The van der Waals surface area contributed by atoms with Crippen LogP contribution >= 0.6 is 0 Å². The van der Waals surface area contributed by atoms with Gasteiger partial charge in [-0.2, -0.15) is 18.3 Å². The van der Waals surface area contributed by atoms with E-state index in [1.807, 2.05) is 5.10 Å². The number of hydrogen-bond donors (Lipinski definition) is 2. The molecule has 0 aliphatic heterocycles. The van der Waals surface area contributed by atoms with Gasteiger partial charge >= 0.3 is 6.18 Å². The van der Waals surface area contributed by atoms with Gasteiger partial charge in [-0.1, -0.05) is 0 Å². The fraction of sp³-hybridized carbons (Fsp3) is 0.154. The molecular weight excluding hydrogens is 389 g/mol. The minimum Gasteiger partial charge on any atom is -0.343 e. The van der Waals surface area contributed by atoms with Gasteiger partial charge in [0, 0.05) is 12.5 Å². The van der Waals surface area contributed by atoms with Gasteiger partial charge < -0.3 is 4.98 Å². The van der Waals surface area contributed by atoms with E-state index in [0.717, 1.165) is 12.5 Å². The molecule has 0 aliphatic rings. The molecule has 0 fully saturated rings. The molecule has 27 heavy (non-hydrogen) atoms. The second-order valence-corrected chi connectivity index (χ2v) is 7.53. The number of halogens is 3. The van der Waals surface area contributed by atoms with Gasteiger partial charge in [0.25, 0.3) is 0 Å². The number of rotatable bonds is 3. The molecular formula is C13H9F3N8O2S. The monoisotopic (exact) mass is 398 g/mol. The average molecular weight is 398 g/mol. The highest BCUT2D eigenvalue weighted by Gasteiger charge is 2.36. The zero-order valence-electron chi connectivity index (χ0n) is 13.4. The number of nitrogens with one attached hydrogen (secondary N) is 2. The van der Waals surface area contributed by atoms with Crippen LogP contribution in [0.25, 0.3) is 28.7 Å². The maximum absolute atomic E-state index is 12.8. The van der Waals surface area contributed by atoms with Gasteiger partial charge in [0.15, 0.2) is 9.84 Å². The average Bonchev–Trinajstić information content (AvgIpc) is 3.30. The second kappa shape index (κ2) is 5.60. The molecule has 4 aromatic rings. The molecule has 0 atom stereocenters. The van der Waals surface area contributed by atoms with Crippen molar-refractivity contribution >= 4 is 15.6 Å². The molecule has 0 saturated heterocycles. The van der Waals surface area contributed by atoms with Crippen LogP contribution in [0, 0.1) is 0 Å². The van der Waals surface area contributed by atoms with E-state index in [1.165, 1.54) is 23.1 Å². The molecule has 140 valence electrons. The second-order valence-electron chi connectivity index (χ2n) is 5.51. The van der Waals surface area contributed by atoms with Gasteiger partial charge in [-0.25, -0.2) is 28.4 Å². The molecule has 4 heterocycles. The fourth-order valence-electron chi connectivity index (χ4n) is 2.40. The summed E-state index contributed by atoms with van der Waals surface area (Å²) in [5.74, 6) is -1.55. The summed E-state index contributed by atoms with van der Waals surface area (Å²) in [4.78, 5) is 18.1. The number of imidazole rings is 2. The van der Waals surface area contributed by atoms with Gasteiger partial charge in [0.05, 0.1) is 24.4 Å². The largest absolute Gasteiger partial charge is 0.451 e. The number of fused-ring (bicyclic) bond motifs is 1. The molecule has 10 nitrogen and oxygen atoms in total. The summed E-state index contributed by atoms with van der Waals surface area (Å²) in [6.07, 6.45) is 1.43. The molecule has 0 saturated carbocycles. The van der Waals surface area contributed by atoms with E-state index in [9.17, 15) is 21.6 Å². The Balaban J connectivity index is 2.01. The van der Waals surface area contributed by atoms with Crippen molar-refractivity contribution in [3.05, 3.63) is 30.7 Å². The van der Waals surface area contributed by atoms with Crippen LogP contribution in [0.4, 0.5) is 13.2 Å². The van der Waals surface area contributed by atoms with Crippen molar-refractivity contribution in [1.82, 2.24) is 39.5 Å². The highest BCUT2D eigenvalue weighted by atomic mass is 32.2. The van der Waals surface area contributed by atoms with E-state index in [0.29, 0.717) is 5.69 Å². The first-order valence-electron chi connectivity index (χ1n) is 7.21. The number of hydrogen-bond acceptors (Lipinski definition) is 7. The van der Waals surface area contributed by atoms with Crippen molar-refractivity contribution in [3.63, 3.8) is 0 Å². The standard InChI is InChI=1S/C13H9F3N8O2S/c1-27(25,26)6-2-18-12-20-8(10-21-11(23-22-10)13(14,15)16)9(24(12)4-6)7-3-17-5-19-7/h2-5H,1H3,(H,17,19)(H,21,22,23). The third-order valence-electron chi connectivity index (χ3n) is 3.60. The highest BCUT2D eigenvalue weighted by molar-refractivity contribution is 7.90. The quantitative estimate of drug-likeness (QED) is 0.531. The van der Waals surface area contributed by atoms with Crippen LogP contribution in [0.5, 0.6) is 0 Å². The van der Waals surface area contributed by atoms with E-state index in [2.05, 4.69) is 30.0 Å². The van der Waals surface area contributed by atoms with Crippen molar-refractivity contribution in [1.29, 1.82) is 0 Å². The zero-order valence-corrected chi connectivity index (χ0v) is 14.2. The molecule has 4 aromatic heterocycles. The van der Waals surface area contributed by atoms with Crippen molar-refractivity contribution in [2.45, 2.75) is 11.1 Å². The highest BCUT2D eigenvalue weighted by Crippen LogP contribution is 2.32. The summed E-state index contributed by atoms with van der Waals surface area (Å²) in [6.45, 7) is 0. The van der Waals surface area contributed by atoms with Crippen LogP contribution in [0.15, 0.2) is 29.8 Å². The Morgan fingerprint density at radius 2 is 1.96 bits per heavy atom. The Bertz CT molecular complexity index is 1240. The number of aromatic nitrogens is 8. The van der Waals surface area contributed by atoms with Gasteiger partial charge in [0.2, 0.25) is 17.4 Å². The van der Waals surface area contributed by atoms with Crippen molar-refractivity contribution in [2.75, 3.05) is 6.26 Å². The minimum absolute atomic E-state index is 0.0239. The number of aromatic amines is 2. The number of nitrogens with zero attached hydrogens (tertiary/aromatic N) is 6. The lowest BCUT2D eigenvalue weighted by Gasteiger charge is -2.03. The summed E-state index contributed by atoms with van der Waals surface area (Å²) in [7, 11) is -3.57. The zero-order chi connectivity index (χ0) is 19.4. The van der Waals surface area contributed by atoms with Crippen LogP contribution in [0.3, 0.4) is 0 Å². The SMILES string of the molecule is CS(=O)(=O)c1cnc2nc(-c3n[nH]c(C(F)(F)F)n3)c(-c3cnc[nH]3)n2c1. The number of sulfone groups is 1. The number of H-pyrrole nitrogens is 2. The first-order valence-corrected chi connectivity index (χ1v) is 9.10. The van der Waals surface area contributed by atoms with Gasteiger partial charge in [-0.3, -0.25) is 9.50 Å². The summed E-state index contributed by atoms with van der Waals surface area (Å²) >= 11 is 0. The van der Waals surface area contributed by atoms with E-state index in [1.54, 1.807) is 0 Å². The molecule has 0 amide bonds. The maximum atomic E-state index is 12.8. The molecule has 4 rings (SSSR count). The first-order chi connectivity index (χ1) is 12.6. The van der Waals surface area contributed by atoms with Gasteiger partial charge in [-0.15, -0.1) is 0 Å². The molecule has 0 bridgehead atoms. The smallest absolute Gasteiger partial charge is 0.343 e. The van der Waals surface area contributed by atoms with Crippen LogP contribution in [-0.4, -0.2) is 54.2 Å². The van der Waals surface area contributed by atoms with Gasteiger partial charge in [0.1, 0.15) is 16.3 Å². The van der Waals surface area contributed by atoms with E-state index in [-0.39, 0.29) is 27.9 Å². The topological polar surface area (TPSA) is 135 Å². The van der Waals surface area contributed by atoms with Crippen LogP contribution in [-0.2, 0) is 16.0 Å². The van der Waals surface area contributed by atoms with E-state index >= 15 is 0 Å². The van der Waals surface area contributed by atoms with E-state index < -0.39 is 21.8 Å². The summed E-state index contributed by atoms with van der Waals surface area (Å²) in [5, 5.41) is 5.40. The molecule has 0 aliphatic carbocycles. The molecule has 0 radical (unpaired) electrons. The molecule has 0 spiro atoms. The Hall–Kier alpha value is -3.29. The lowest BCUT2D eigenvalue weighted by atomic mass is 10.2. The molecule has 0 aromatic carbocycles. The van der Waals surface area contributed by atoms with Crippen molar-refractivity contribution in [3.8, 4) is 22.9 Å². The third-order valence-corrected chi connectivity index (χ3v) is 4.67. The van der Waals surface area contributed by atoms with Crippen LogP contribution < -0.4 is 0 Å². The Morgan fingerprint density at radius 3 is 2.56 bits per heavy atom. The minimum atomic E-state index is -4.71.